The number of hydrogen-bond acceptors (Lipinski definition) is 1. The van der Waals surface area contributed by atoms with E-state index >= 15 is 0 Å². The summed E-state index contributed by atoms with van der Waals surface area (Å²) in [6.45, 7) is 1.42. The summed E-state index contributed by atoms with van der Waals surface area (Å²) in [4.78, 5) is 10.6. The van der Waals surface area contributed by atoms with Crippen molar-refractivity contribution in [2.45, 2.75) is 18.2 Å². The normalized spacial score (nSPS) is 12.9. The SMILES string of the molecule is CC(=O)C(Br)c1cc(C(F)F)ccc1I. The third-order valence-corrected chi connectivity index (χ3v) is 4.02. The lowest BCUT2D eigenvalue weighted by molar-refractivity contribution is -0.116. The quantitative estimate of drug-likeness (QED) is 0.558. The molecule has 0 amide bonds. The first-order valence-electron chi connectivity index (χ1n) is 4.15. The Bertz CT molecular complexity index is 382. The molecule has 0 N–H and O–H groups in total. The van der Waals surface area contributed by atoms with Gasteiger partial charge in [-0.2, -0.15) is 0 Å². The summed E-state index contributed by atoms with van der Waals surface area (Å²) in [5, 5.41) is 0. The van der Waals surface area contributed by atoms with E-state index in [-0.39, 0.29) is 11.3 Å². The Kier molecular flexibility index (Phi) is 4.64. The predicted molar refractivity (Wildman–Crippen MR) is 66.5 cm³/mol. The van der Waals surface area contributed by atoms with E-state index in [2.05, 4.69) is 15.9 Å². The highest BCUT2D eigenvalue weighted by molar-refractivity contribution is 14.1. The van der Waals surface area contributed by atoms with Crippen molar-refractivity contribution in [3.8, 4) is 0 Å². The third kappa shape index (κ3) is 3.21. The van der Waals surface area contributed by atoms with Gasteiger partial charge in [0.25, 0.3) is 6.43 Å². The fraction of sp³-hybridized carbons (Fsp3) is 0.300. The van der Waals surface area contributed by atoms with Gasteiger partial charge in [0, 0.05) is 9.13 Å². The number of rotatable bonds is 3. The molecule has 0 bridgehead atoms. The molecule has 0 aliphatic rings. The lowest BCUT2D eigenvalue weighted by Crippen LogP contribution is -2.04. The van der Waals surface area contributed by atoms with Gasteiger partial charge in [0.05, 0.1) is 4.83 Å². The van der Waals surface area contributed by atoms with Gasteiger partial charge in [-0.05, 0) is 47.2 Å². The maximum atomic E-state index is 12.4. The molecule has 0 radical (unpaired) electrons. The van der Waals surface area contributed by atoms with Crippen LogP contribution in [0.15, 0.2) is 18.2 Å². The third-order valence-electron chi connectivity index (χ3n) is 1.90. The fourth-order valence-electron chi connectivity index (χ4n) is 1.11. The molecule has 0 heterocycles. The predicted octanol–water partition coefficient (Wildman–Crippen LogP) is 4.25. The summed E-state index contributed by atoms with van der Waals surface area (Å²) in [5.74, 6) is -0.0978. The van der Waals surface area contributed by atoms with Crippen molar-refractivity contribution < 1.29 is 13.6 Å². The first-order chi connectivity index (χ1) is 6.93. The van der Waals surface area contributed by atoms with Crippen molar-refractivity contribution in [3.63, 3.8) is 0 Å². The molecule has 1 aromatic carbocycles. The van der Waals surface area contributed by atoms with Crippen molar-refractivity contribution in [3.05, 3.63) is 32.9 Å². The van der Waals surface area contributed by atoms with E-state index in [0.717, 1.165) is 3.57 Å². The Morgan fingerprint density at radius 1 is 1.47 bits per heavy atom. The molecule has 1 rings (SSSR count). The van der Waals surface area contributed by atoms with Crippen LogP contribution in [0.2, 0.25) is 0 Å². The van der Waals surface area contributed by atoms with Crippen LogP contribution < -0.4 is 0 Å². The Balaban J connectivity index is 3.16. The molecular weight excluding hydrogens is 381 g/mol. The van der Waals surface area contributed by atoms with E-state index < -0.39 is 11.3 Å². The van der Waals surface area contributed by atoms with Gasteiger partial charge in [-0.15, -0.1) is 0 Å². The van der Waals surface area contributed by atoms with Crippen LogP contribution >= 0.6 is 38.5 Å². The fourth-order valence-corrected chi connectivity index (χ4v) is 2.56. The highest BCUT2D eigenvalue weighted by Crippen LogP contribution is 2.31. The second-order valence-electron chi connectivity index (χ2n) is 3.05. The largest absolute Gasteiger partial charge is 0.298 e. The van der Waals surface area contributed by atoms with Crippen LogP contribution in [0.3, 0.4) is 0 Å². The zero-order chi connectivity index (χ0) is 11.6. The van der Waals surface area contributed by atoms with Crippen LogP contribution in [-0.2, 0) is 4.79 Å². The summed E-state index contributed by atoms with van der Waals surface area (Å²) in [6.07, 6.45) is -2.51. The van der Waals surface area contributed by atoms with Crippen LogP contribution in [0.1, 0.15) is 29.3 Å². The summed E-state index contributed by atoms with van der Waals surface area (Å²) in [7, 11) is 0. The van der Waals surface area contributed by atoms with Gasteiger partial charge in [-0.25, -0.2) is 8.78 Å². The van der Waals surface area contributed by atoms with E-state index in [1.54, 1.807) is 6.07 Å². The molecule has 82 valence electrons. The second kappa shape index (κ2) is 5.34. The molecule has 1 aromatic rings. The molecule has 15 heavy (non-hydrogen) atoms. The summed E-state index contributed by atoms with van der Waals surface area (Å²) < 4.78 is 25.7. The Morgan fingerprint density at radius 2 is 2.07 bits per heavy atom. The number of alkyl halides is 3. The van der Waals surface area contributed by atoms with Gasteiger partial charge in [0.1, 0.15) is 5.78 Å². The molecule has 0 aromatic heterocycles. The maximum absolute atomic E-state index is 12.4. The second-order valence-corrected chi connectivity index (χ2v) is 5.13. The van der Waals surface area contributed by atoms with Gasteiger partial charge in [-0.1, -0.05) is 22.0 Å². The van der Waals surface area contributed by atoms with Crippen molar-refractivity contribution in [1.82, 2.24) is 0 Å². The lowest BCUT2D eigenvalue weighted by Gasteiger charge is -2.10. The number of halogens is 4. The maximum Gasteiger partial charge on any atom is 0.263 e. The minimum absolute atomic E-state index is 0.0592. The Morgan fingerprint density at radius 3 is 2.53 bits per heavy atom. The van der Waals surface area contributed by atoms with Gasteiger partial charge in [-0.3, -0.25) is 4.79 Å². The molecule has 0 saturated carbocycles. The van der Waals surface area contributed by atoms with E-state index in [1.807, 2.05) is 22.6 Å². The average molecular weight is 389 g/mol. The summed E-state index contributed by atoms with van der Waals surface area (Å²) in [5.41, 5.74) is 0.539. The summed E-state index contributed by atoms with van der Waals surface area (Å²) >= 11 is 5.21. The zero-order valence-corrected chi connectivity index (χ0v) is 11.6. The van der Waals surface area contributed by atoms with E-state index in [1.165, 1.54) is 19.1 Å². The minimum atomic E-state index is -2.51. The lowest BCUT2D eigenvalue weighted by atomic mass is 10.1. The van der Waals surface area contributed by atoms with E-state index in [4.69, 9.17) is 0 Å². The molecule has 0 fully saturated rings. The van der Waals surface area contributed by atoms with Gasteiger partial charge in [0.2, 0.25) is 0 Å². The number of benzene rings is 1. The van der Waals surface area contributed by atoms with Crippen LogP contribution in [0.25, 0.3) is 0 Å². The van der Waals surface area contributed by atoms with Crippen molar-refractivity contribution in [1.29, 1.82) is 0 Å². The molecule has 0 aliphatic carbocycles. The van der Waals surface area contributed by atoms with Gasteiger partial charge < -0.3 is 0 Å². The smallest absolute Gasteiger partial charge is 0.263 e. The highest BCUT2D eigenvalue weighted by atomic mass is 127. The monoisotopic (exact) mass is 388 g/mol. The molecule has 1 unspecified atom stereocenters. The first-order valence-corrected chi connectivity index (χ1v) is 6.15. The number of ketones is 1. The Labute approximate surface area is 109 Å². The van der Waals surface area contributed by atoms with Crippen LogP contribution in [0.4, 0.5) is 8.78 Å². The molecule has 5 heteroatoms. The highest BCUT2D eigenvalue weighted by Gasteiger charge is 2.18. The Hall–Kier alpha value is -0.0400. The topological polar surface area (TPSA) is 17.1 Å². The molecule has 1 atom stereocenters. The molecule has 0 aliphatic heterocycles. The number of carbonyl (C=O) groups is 1. The van der Waals surface area contributed by atoms with Crippen LogP contribution in [-0.4, -0.2) is 5.78 Å². The standard InChI is InChI=1S/C10H8BrF2IO/c1-5(15)9(11)7-4-6(10(12)13)2-3-8(7)14/h2-4,9-10H,1H3. The summed E-state index contributed by atoms with van der Waals surface area (Å²) in [6, 6.07) is 4.33. The zero-order valence-electron chi connectivity index (χ0n) is 7.81. The van der Waals surface area contributed by atoms with Crippen molar-refractivity contribution >= 4 is 44.3 Å². The van der Waals surface area contributed by atoms with Gasteiger partial charge in [0.15, 0.2) is 0 Å². The molecule has 0 spiro atoms. The van der Waals surface area contributed by atoms with Crippen molar-refractivity contribution in [2.75, 3.05) is 0 Å². The average Bonchev–Trinajstić information content (AvgIpc) is 2.16. The van der Waals surface area contributed by atoms with E-state index in [0.29, 0.717) is 5.56 Å². The number of Topliss-reactive ketones (excluding diaryl/α,β-unsaturated/α-hetero) is 1. The minimum Gasteiger partial charge on any atom is -0.298 e. The number of carbonyl (C=O) groups excluding carboxylic acids is 1. The van der Waals surface area contributed by atoms with E-state index in [9.17, 15) is 13.6 Å². The molecule has 0 saturated heterocycles. The first kappa shape index (κ1) is 13.0. The molecule has 1 nitrogen and oxygen atoms in total. The van der Waals surface area contributed by atoms with Crippen LogP contribution in [0.5, 0.6) is 0 Å². The van der Waals surface area contributed by atoms with Crippen molar-refractivity contribution in [2.24, 2.45) is 0 Å². The number of hydrogen-bond donors (Lipinski definition) is 0. The van der Waals surface area contributed by atoms with Gasteiger partial charge >= 0.3 is 0 Å². The molecular formula is C10H8BrF2IO. The van der Waals surface area contributed by atoms with Crippen LogP contribution in [0, 0.1) is 3.57 Å².